The Balaban J connectivity index is 0.000000980. The van der Waals surface area contributed by atoms with E-state index in [9.17, 15) is 0 Å². The van der Waals surface area contributed by atoms with Crippen LogP contribution in [-0.2, 0) is 0 Å². The first kappa shape index (κ1) is 11.3. The first-order valence-electron chi connectivity index (χ1n) is 4.17. The highest BCUT2D eigenvalue weighted by molar-refractivity contribution is 8.13. The van der Waals surface area contributed by atoms with Crippen LogP contribution in [0.4, 0.5) is 0 Å². The third kappa shape index (κ3) is 3.16. The average Bonchev–Trinajstić information content (AvgIpc) is 2.21. The van der Waals surface area contributed by atoms with E-state index in [1.807, 2.05) is 0 Å². The van der Waals surface area contributed by atoms with Gasteiger partial charge in [0, 0.05) is 25.5 Å². The first-order valence-corrected chi connectivity index (χ1v) is 4.99. The highest BCUT2D eigenvalue weighted by Crippen LogP contribution is 2.15. The highest BCUT2D eigenvalue weighted by Gasteiger charge is 2.06. The van der Waals surface area contributed by atoms with E-state index in [0.717, 1.165) is 29.7 Å². The Kier molecular flexibility index (Phi) is 4.69. The maximum Gasteiger partial charge on any atom is 0.162 e. The SMILES string of the molecule is Cl.c1cnc(SC2=NCCCN2)cn1. The minimum absolute atomic E-state index is 0. The molecule has 0 unspecified atom stereocenters. The summed E-state index contributed by atoms with van der Waals surface area (Å²) in [7, 11) is 0. The molecular formula is C8H11ClN4S. The summed E-state index contributed by atoms with van der Waals surface area (Å²) in [6.45, 7) is 1.92. The van der Waals surface area contributed by atoms with Crippen LogP contribution in [0.1, 0.15) is 6.42 Å². The Morgan fingerprint density at radius 2 is 2.29 bits per heavy atom. The van der Waals surface area contributed by atoms with Crippen LogP contribution in [0.5, 0.6) is 0 Å². The van der Waals surface area contributed by atoms with Gasteiger partial charge in [-0.05, 0) is 18.2 Å². The van der Waals surface area contributed by atoms with E-state index in [1.165, 1.54) is 11.8 Å². The van der Waals surface area contributed by atoms with Gasteiger partial charge in [-0.15, -0.1) is 12.4 Å². The van der Waals surface area contributed by atoms with Gasteiger partial charge in [-0.1, -0.05) is 0 Å². The van der Waals surface area contributed by atoms with Gasteiger partial charge in [-0.2, -0.15) is 0 Å². The fourth-order valence-electron chi connectivity index (χ4n) is 1.02. The Hall–Kier alpha value is -0.810. The topological polar surface area (TPSA) is 50.2 Å². The zero-order valence-corrected chi connectivity index (χ0v) is 9.14. The first-order chi connectivity index (χ1) is 6.45. The highest BCUT2D eigenvalue weighted by atomic mass is 35.5. The monoisotopic (exact) mass is 230 g/mol. The Labute approximate surface area is 93.0 Å². The summed E-state index contributed by atoms with van der Waals surface area (Å²) in [4.78, 5) is 12.5. The molecule has 0 aromatic carbocycles. The van der Waals surface area contributed by atoms with Crippen molar-refractivity contribution in [3.05, 3.63) is 18.6 Å². The fourth-order valence-corrected chi connectivity index (χ4v) is 1.77. The summed E-state index contributed by atoms with van der Waals surface area (Å²) >= 11 is 1.53. The number of halogens is 1. The third-order valence-electron chi connectivity index (χ3n) is 1.61. The number of rotatable bonds is 1. The van der Waals surface area contributed by atoms with E-state index in [2.05, 4.69) is 20.3 Å². The van der Waals surface area contributed by atoms with Crippen molar-refractivity contribution in [1.29, 1.82) is 0 Å². The van der Waals surface area contributed by atoms with E-state index in [-0.39, 0.29) is 12.4 Å². The molecule has 14 heavy (non-hydrogen) atoms. The fraction of sp³-hybridized carbons (Fsp3) is 0.375. The standard InChI is InChI=1S/C8H10N4S.ClH/c1-2-11-8(12-3-1)13-7-6-9-4-5-10-7;/h4-6H,1-3H2,(H,11,12);1H. The van der Waals surface area contributed by atoms with Gasteiger partial charge in [-0.3, -0.25) is 9.98 Å². The number of amidine groups is 1. The predicted octanol–water partition coefficient (Wildman–Crippen LogP) is 1.34. The molecule has 0 radical (unpaired) electrons. The maximum absolute atomic E-state index is 4.33. The number of nitrogens with zero attached hydrogens (tertiary/aromatic N) is 3. The van der Waals surface area contributed by atoms with E-state index in [0.29, 0.717) is 0 Å². The summed E-state index contributed by atoms with van der Waals surface area (Å²) in [6, 6.07) is 0. The summed E-state index contributed by atoms with van der Waals surface area (Å²) in [5, 5.41) is 5.05. The van der Waals surface area contributed by atoms with Crippen LogP contribution in [0, 0.1) is 0 Å². The second-order valence-corrected chi connectivity index (χ2v) is 3.62. The van der Waals surface area contributed by atoms with E-state index in [4.69, 9.17) is 0 Å². The quantitative estimate of drug-likeness (QED) is 0.791. The van der Waals surface area contributed by atoms with Crippen molar-refractivity contribution in [3.8, 4) is 0 Å². The van der Waals surface area contributed by atoms with Crippen molar-refractivity contribution >= 4 is 29.3 Å². The van der Waals surface area contributed by atoms with Crippen LogP contribution >= 0.6 is 24.2 Å². The normalized spacial score (nSPS) is 15.0. The minimum Gasteiger partial charge on any atom is -0.365 e. The van der Waals surface area contributed by atoms with Crippen LogP contribution < -0.4 is 5.32 Å². The molecule has 76 valence electrons. The summed E-state index contributed by atoms with van der Waals surface area (Å²) in [6.07, 6.45) is 6.21. The van der Waals surface area contributed by atoms with Gasteiger partial charge >= 0.3 is 0 Å². The Morgan fingerprint density at radius 3 is 2.93 bits per heavy atom. The van der Waals surface area contributed by atoms with Gasteiger partial charge in [0.15, 0.2) is 5.17 Å². The van der Waals surface area contributed by atoms with Crippen molar-refractivity contribution in [1.82, 2.24) is 15.3 Å². The molecule has 2 rings (SSSR count). The van der Waals surface area contributed by atoms with Crippen molar-refractivity contribution in [2.24, 2.45) is 4.99 Å². The molecule has 0 bridgehead atoms. The molecule has 0 saturated carbocycles. The zero-order chi connectivity index (χ0) is 8.93. The number of aromatic nitrogens is 2. The molecule has 0 fully saturated rings. The number of hydrogen-bond donors (Lipinski definition) is 1. The van der Waals surface area contributed by atoms with Crippen LogP contribution in [0.3, 0.4) is 0 Å². The molecular weight excluding hydrogens is 220 g/mol. The number of nitrogens with one attached hydrogen (secondary N) is 1. The van der Waals surface area contributed by atoms with Gasteiger partial charge in [0.25, 0.3) is 0 Å². The van der Waals surface area contributed by atoms with Gasteiger partial charge in [0.2, 0.25) is 0 Å². The maximum atomic E-state index is 4.33. The number of aliphatic imine (C=N–C) groups is 1. The second kappa shape index (κ2) is 5.82. The number of thioether (sulfide) groups is 1. The lowest BCUT2D eigenvalue weighted by molar-refractivity contribution is 0.751. The van der Waals surface area contributed by atoms with E-state index < -0.39 is 0 Å². The molecule has 0 saturated heterocycles. The van der Waals surface area contributed by atoms with Crippen molar-refractivity contribution in [2.75, 3.05) is 13.1 Å². The smallest absolute Gasteiger partial charge is 0.162 e. The molecule has 0 spiro atoms. The minimum atomic E-state index is 0. The zero-order valence-electron chi connectivity index (χ0n) is 7.51. The molecule has 1 aliphatic rings. The molecule has 1 aromatic heterocycles. The lowest BCUT2D eigenvalue weighted by Crippen LogP contribution is -2.26. The van der Waals surface area contributed by atoms with Crippen molar-refractivity contribution in [3.63, 3.8) is 0 Å². The van der Waals surface area contributed by atoms with Crippen LogP contribution in [0.15, 0.2) is 28.6 Å². The van der Waals surface area contributed by atoms with Crippen LogP contribution in [0.2, 0.25) is 0 Å². The molecule has 0 atom stereocenters. The summed E-state index contributed by atoms with van der Waals surface area (Å²) < 4.78 is 0. The van der Waals surface area contributed by atoms with Crippen LogP contribution in [-0.4, -0.2) is 28.2 Å². The summed E-state index contributed by atoms with van der Waals surface area (Å²) in [5.74, 6) is 0. The molecule has 1 aliphatic heterocycles. The molecule has 4 nitrogen and oxygen atoms in total. The molecule has 0 aliphatic carbocycles. The number of hydrogen-bond acceptors (Lipinski definition) is 5. The Bertz CT molecular complexity index is 303. The van der Waals surface area contributed by atoms with Gasteiger partial charge in [0.1, 0.15) is 5.03 Å². The van der Waals surface area contributed by atoms with Crippen molar-refractivity contribution < 1.29 is 0 Å². The van der Waals surface area contributed by atoms with E-state index in [1.54, 1.807) is 18.6 Å². The molecule has 1 N–H and O–H groups in total. The van der Waals surface area contributed by atoms with Gasteiger partial charge in [-0.25, -0.2) is 4.98 Å². The molecule has 0 amide bonds. The molecule has 2 heterocycles. The van der Waals surface area contributed by atoms with Crippen molar-refractivity contribution in [2.45, 2.75) is 11.4 Å². The van der Waals surface area contributed by atoms with Gasteiger partial charge < -0.3 is 5.32 Å². The largest absolute Gasteiger partial charge is 0.365 e. The molecule has 1 aromatic rings. The average molecular weight is 231 g/mol. The van der Waals surface area contributed by atoms with Gasteiger partial charge in [0.05, 0.1) is 6.20 Å². The second-order valence-electron chi connectivity index (χ2n) is 2.61. The van der Waals surface area contributed by atoms with E-state index >= 15 is 0 Å². The molecule has 6 heteroatoms. The lowest BCUT2D eigenvalue weighted by atomic mass is 10.4. The Morgan fingerprint density at radius 1 is 1.36 bits per heavy atom. The van der Waals surface area contributed by atoms with Crippen LogP contribution in [0.25, 0.3) is 0 Å². The summed E-state index contributed by atoms with van der Waals surface area (Å²) in [5.41, 5.74) is 0. The predicted molar refractivity (Wildman–Crippen MR) is 60.1 cm³/mol. The third-order valence-corrected chi connectivity index (χ3v) is 2.49. The lowest BCUT2D eigenvalue weighted by Gasteiger charge is -2.12.